The zero-order valence-electron chi connectivity index (χ0n) is 22.3. The summed E-state index contributed by atoms with van der Waals surface area (Å²) in [6.45, 7) is 0. The molecule has 1 spiro atoms. The molecule has 2 nitrogen and oxygen atoms in total. The number of pyridine rings is 2. The fraction of sp³-hybridized carbons (Fsp3) is 0. The van der Waals surface area contributed by atoms with E-state index in [9.17, 15) is 0 Å². The molecule has 0 saturated carbocycles. The van der Waals surface area contributed by atoms with E-state index < -0.39 is 10.0 Å². The Bertz CT molecular complexity index is 1820. The molecular formula is C38H26N2S. The van der Waals surface area contributed by atoms with Crippen molar-refractivity contribution in [2.24, 2.45) is 0 Å². The molecule has 0 atom stereocenters. The predicted molar refractivity (Wildman–Crippen MR) is 171 cm³/mol. The Morgan fingerprint density at radius 1 is 0.366 bits per heavy atom. The van der Waals surface area contributed by atoms with Gasteiger partial charge in [-0.3, -0.25) is 9.97 Å². The summed E-state index contributed by atoms with van der Waals surface area (Å²) in [5, 5.41) is 0. The van der Waals surface area contributed by atoms with Gasteiger partial charge in [0.25, 0.3) is 0 Å². The highest BCUT2D eigenvalue weighted by molar-refractivity contribution is 8.48. The average molecular weight is 543 g/mol. The van der Waals surface area contributed by atoms with Gasteiger partial charge < -0.3 is 0 Å². The molecule has 194 valence electrons. The molecule has 3 heteroatoms. The molecule has 41 heavy (non-hydrogen) atoms. The van der Waals surface area contributed by atoms with E-state index in [-0.39, 0.29) is 0 Å². The summed E-state index contributed by atoms with van der Waals surface area (Å²) >= 11 is 0. The summed E-state index contributed by atoms with van der Waals surface area (Å²) < 4.78 is 0. The van der Waals surface area contributed by atoms with Gasteiger partial charge in [-0.1, -0.05) is 109 Å². The summed E-state index contributed by atoms with van der Waals surface area (Å²) in [6, 6.07) is 52.2. The van der Waals surface area contributed by atoms with Gasteiger partial charge in [-0.25, -0.2) is 0 Å². The maximum absolute atomic E-state index is 5.07. The molecule has 2 aliphatic rings. The van der Waals surface area contributed by atoms with Gasteiger partial charge >= 0.3 is 0 Å². The molecule has 0 radical (unpaired) electrons. The van der Waals surface area contributed by atoms with Gasteiger partial charge in [-0.15, -0.1) is 10.0 Å². The predicted octanol–water partition coefficient (Wildman–Crippen LogP) is 9.83. The van der Waals surface area contributed by atoms with Crippen LogP contribution in [0, 0.1) is 0 Å². The van der Waals surface area contributed by atoms with Crippen molar-refractivity contribution in [3.63, 3.8) is 0 Å². The second-order valence-electron chi connectivity index (χ2n) is 10.2. The summed E-state index contributed by atoms with van der Waals surface area (Å²) in [5.74, 6) is 0. The van der Waals surface area contributed by atoms with E-state index >= 15 is 0 Å². The quantitative estimate of drug-likeness (QED) is 0.222. The van der Waals surface area contributed by atoms with Gasteiger partial charge in [0.15, 0.2) is 0 Å². The molecule has 0 bridgehead atoms. The maximum atomic E-state index is 5.07. The van der Waals surface area contributed by atoms with Crippen molar-refractivity contribution in [3.8, 4) is 11.1 Å². The van der Waals surface area contributed by atoms with Crippen molar-refractivity contribution in [3.05, 3.63) is 181 Å². The second kappa shape index (κ2) is 9.58. The first-order chi connectivity index (χ1) is 20.4. The molecule has 0 aliphatic carbocycles. The van der Waals surface area contributed by atoms with Gasteiger partial charge in [0, 0.05) is 43.1 Å². The van der Waals surface area contributed by atoms with E-state index in [2.05, 4.69) is 133 Å². The molecule has 0 amide bonds. The molecule has 0 N–H and O–H groups in total. The lowest BCUT2D eigenvalue weighted by molar-refractivity contribution is 1.28. The minimum absolute atomic E-state index is 1.01. The third-order valence-electron chi connectivity index (χ3n) is 7.96. The van der Waals surface area contributed by atoms with E-state index in [1.54, 1.807) is 0 Å². The number of hydrogen-bond donors (Lipinski definition) is 0. The highest BCUT2D eigenvalue weighted by atomic mass is 32.3. The molecule has 0 unspecified atom stereocenters. The van der Waals surface area contributed by atoms with Crippen LogP contribution >= 0.6 is 10.0 Å². The Morgan fingerprint density at radius 3 is 1.17 bits per heavy atom. The first-order valence-corrected chi connectivity index (χ1v) is 15.5. The topological polar surface area (TPSA) is 25.8 Å². The standard InChI is InChI=1S/C38H26N2S/c1-3-15-27(16-4-1)35-36(28-17-5-2-6-18-28)38(32-22-12-14-26-40-32)41(37(35)31-21-11-13-25-39-31)33-23-9-7-19-29(33)30-20-8-10-24-34(30)41/h1-26H. The largest absolute Gasteiger partial charge is 0.256 e. The van der Waals surface area contributed by atoms with E-state index in [1.165, 1.54) is 53.0 Å². The minimum atomic E-state index is -1.99. The number of benzene rings is 4. The van der Waals surface area contributed by atoms with Crippen molar-refractivity contribution in [2.45, 2.75) is 9.79 Å². The number of allylic oxidation sites excluding steroid dienone is 2. The first kappa shape index (κ1) is 23.9. The molecule has 0 fully saturated rings. The number of fused-ring (bicyclic) bond motifs is 5. The fourth-order valence-corrected chi connectivity index (χ4v) is 11.3. The van der Waals surface area contributed by atoms with Crippen LogP contribution in [0.4, 0.5) is 0 Å². The molecular weight excluding hydrogens is 516 g/mol. The van der Waals surface area contributed by atoms with Crippen LogP contribution in [0.3, 0.4) is 0 Å². The van der Waals surface area contributed by atoms with Crippen LogP contribution in [0.25, 0.3) is 32.1 Å². The van der Waals surface area contributed by atoms with Gasteiger partial charge in [0.1, 0.15) is 0 Å². The van der Waals surface area contributed by atoms with Crippen LogP contribution in [0.15, 0.2) is 168 Å². The summed E-state index contributed by atoms with van der Waals surface area (Å²) in [5.41, 5.74) is 9.44. The Balaban J connectivity index is 1.66. The SMILES string of the molecule is c1ccc(C2=C(c3ccccn3)S3(C(c4ccccn4)=C2c2ccccc2)c2ccccc2-c2ccccc23)cc1. The molecule has 4 aromatic carbocycles. The lowest BCUT2D eigenvalue weighted by atomic mass is 9.90. The zero-order valence-corrected chi connectivity index (χ0v) is 23.1. The monoisotopic (exact) mass is 542 g/mol. The third kappa shape index (κ3) is 3.46. The zero-order chi connectivity index (χ0) is 27.2. The smallest absolute Gasteiger partial charge is 0.0766 e. The van der Waals surface area contributed by atoms with Crippen LogP contribution in [0.1, 0.15) is 22.5 Å². The second-order valence-corrected chi connectivity index (χ2v) is 13.1. The van der Waals surface area contributed by atoms with Crippen molar-refractivity contribution in [1.82, 2.24) is 9.97 Å². The van der Waals surface area contributed by atoms with Gasteiger partial charge in [-0.2, -0.15) is 0 Å². The van der Waals surface area contributed by atoms with Crippen molar-refractivity contribution < 1.29 is 0 Å². The highest BCUT2D eigenvalue weighted by Gasteiger charge is 2.52. The van der Waals surface area contributed by atoms with Gasteiger partial charge in [-0.05, 0) is 58.7 Å². The summed E-state index contributed by atoms with van der Waals surface area (Å²) in [6.07, 6.45) is 3.84. The van der Waals surface area contributed by atoms with E-state index in [0.29, 0.717) is 0 Å². The Morgan fingerprint density at radius 2 is 0.756 bits per heavy atom. The van der Waals surface area contributed by atoms with Crippen molar-refractivity contribution in [2.75, 3.05) is 0 Å². The Labute approximate surface area is 241 Å². The van der Waals surface area contributed by atoms with Crippen LogP contribution in [0.5, 0.6) is 0 Å². The normalized spacial score (nSPS) is 15.6. The Kier molecular flexibility index (Phi) is 5.58. The van der Waals surface area contributed by atoms with Crippen molar-refractivity contribution in [1.29, 1.82) is 0 Å². The number of hydrogen-bond acceptors (Lipinski definition) is 2. The van der Waals surface area contributed by atoms with Crippen molar-refractivity contribution >= 4 is 31.0 Å². The summed E-state index contributed by atoms with van der Waals surface area (Å²) in [7, 11) is -1.99. The average Bonchev–Trinajstić information content (AvgIpc) is 3.54. The Hall–Kier alpha value is -4.99. The number of nitrogens with zero attached hydrogens (tertiary/aromatic N) is 2. The molecule has 4 heterocycles. The molecule has 8 rings (SSSR count). The third-order valence-corrected chi connectivity index (χ3v) is 12.0. The van der Waals surface area contributed by atoms with Crippen LogP contribution in [-0.2, 0) is 0 Å². The minimum Gasteiger partial charge on any atom is -0.256 e. The molecule has 2 aromatic heterocycles. The lowest BCUT2D eigenvalue weighted by Crippen LogP contribution is -2.05. The van der Waals surface area contributed by atoms with E-state index in [0.717, 1.165) is 11.4 Å². The molecule has 0 saturated heterocycles. The van der Waals surface area contributed by atoms with Gasteiger partial charge in [0.2, 0.25) is 0 Å². The first-order valence-electron chi connectivity index (χ1n) is 13.8. The molecule has 6 aromatic rings. The highest BCUT2D eigenvalue weighted by Crippen LogP contribution is 2.88. The van der Waals surface area contributed by atoms with Crippen LogP contribution < -0.4 is 0 Å². The lowest BCUT2D eigenvalue weighted by Gasteiger charge is -2.39. The number of rotatable bonds is 4. The van der Waals surface area contributed by atoms with E-state index in [1.807, 2.05) is 24.5 Å². The molecule has 2 aliphatic heterocycles. The fourth-order valence-electron chi connectivity index (χ4n) is 6.43. The van der Waals surface area contributed by atoms with Crippen LogP contribution in [-0.4, -0.2) is 9.97 Å². The maximum Gasteiger partial charge on any atom is 0.0766 e. The van der Waals surface area contributed by atoms with Gasteiger partial charge in [0.05, 0.1) is 11.4 Å². The van der Waals surface area contributed by atoms with E-state index in [4.69, 9.17) is 9.97 Å². The van der Waals surface area contributed by atoms with Crippen LogP contribution in [0.2, 0.25) is 0 Å². The number of aromatic nitrogens is 2. The summed E-state index contributed by atoms with van der Waals surface area (Å²) in [4.78, 5) is 15.4.